The van der Waals surface area contributed by atoms with E-state index in [1.165, 1.54) is 23.5 Å². The maximum Gasteiger partial charge on any atom is 0.435 e. The topological polar surface area (TPSA) is 124 Å². The summed E-state index contributed by atoms with van der Waals surface area (Å²) in [5, 5.41) is 7.32. The predicted molar refractivity (Wildman–Crippen MR) is 112 cm³/mol. The molecule has 4 aromatic rings. The van der Waals surface area contributed by atoms with Crippen molar-refractivity contribution < 1.29 is 18.0 Å². The lowest BCUT2D eigenvalue weighted by molar-refractivity contribution is -0.141. The molecule has 0 atom stereocenters. The van der Waals surface area contributed by atoms with Gasteiger partial charge in [-0.05, 0) is 24.3 Å². The van der Waals surface area contributed by atoms with Crippen LogP contribution in [0.3, 0.4) is 0 Å². The van der Waals surface area contributed by atoms with Crippen LogP contribution in [-0.2, 0) is 19.3 Å². The van der Waals surface area contributed by atoms with Gasteiger partial charge >= 0.3 is 6.18 Å². The van der Waals surface area contributed by atoms with Gasteiger partial charge in [-0.1, -0.05) is 11.5 Å². The summed E-state index contributed by atoms with van der Waals surface area (Å²) >= 11 is 0. The second-order valence-electron chi connectivity index (χ2n) is 6.97. The Morgan fingerprint density at radius 2 is 1.82 bits per heavy atom. The lowest BCUT2D eigenvalue weighted by atomic mass is 9.96. The van der Waals surface area contributed by atoms with Gasteiger partial charge in [0.15, 0.2) is 11.3 Å². The van der Waals surface area contributed by atoms with E-state index in [0.717, 1.165) is 12.1 Å². The largest absolute Gasteiger partial charge is 0.435 e. The fraction of sp³-hybridized carbons (Fsp3) is 0.150. The van der Waals surface area contributed by atoms with Gasteiger partial charge in [0.05, 0.1) is 24.3 Å². The molecule has 0 unspecified atom stereocenters. The number of pyridine rings is 2. The zero-order valence-electron chi connectivity index (χ0n) is 16.9. The molecule has 0 aliphatic rings. The van der Waals surface area contributed by atoms with Crippen molar-refractivity contribution in [3.63, 3.8) is 0 Å². The van der Waals surface area contributed by atoms with Crippen LogP contribution in [0.2, 0.25) is 0 Å². The van der Waals surface area contributed by atoms with Crippen LogP contribution in [0.1, 0.15) is 27.6 Å². The molecule has 0 bridgehead atoms. The van der Waals surface area contributed by atoms with E-state index >= 15 is 0 Å². The van der Waals surface area contributed by atoms with Gasteiger partial charge < -0.3 is 10.6 Å². The van der Waals surface area contributed by atoms with Crippen LogP contribution in [-0.4, -0.2) is 48.8 Å². The highest BCUT2D eigenvalue weighted by molar-refractivity contribution is 6.36. The number of carbonyl (C=O) groups is 1. The molecule has 4 rings (SSSR count). The van der Waals surface area contributed by atoms with E-state index < -0.39 is 17.8 Å². The molecule has 0 aromatic carbocycles. The molecule has 0 saturated heterocycles. The maximum absolute atomic E-state index is 13.3. The highest BCUT2D eigenvalue weighted by Crippen LogP contribution is 2.27. The van der Waals surface area contributed by atoms with Crippen LogP contribution in [0.25, 0.3) is 11.0 Å². The standard InChI is InChI=1S/C20H14BF3N8O/c21-14-7-11-6-12(8-28-18(11)29-17(14)25)19(33)32(10-16-26-4-1-5-27-16)9-13-2-3-15(31-30-13)20(22,23)24/h1-8H,9-10H2,(H2,25,28,29). The molecule has 2 radical (unpaired) electrons. The van der Waals surface area contributed by atoms with Crippen LogP contribution in [0, 0.1) is 0 Å². The average Bonchev–Trinajstić information content (AvgIpc) is 2.79. The number of amides is 1. The molecule has 0 fully saturated rings. The summed E-state index contributed by atoms with van der Waals surface area (Å²) in [7, 11) is 5.80. The number of aromatic nitrogens is 6. The molecule has 4 aromatic heterocycles. The molecule has 164 valence electrons. The predicted octanol–water partition coefficient (Wildman–Crippen LogP) is 1.45. The van der Waals surface area contributed by atoms with Gasteiger partial charge in [0.1, 0.15) is 19.5 Å². The number of halogens is 3. The Morgan fingerprint density at radius 3 is 2.48 bits per heavy atom. The van der Waals surface area contributed by atoms with Crippen molar-refractivity contribution in [1.29, 1.82) is 0 Å². The summed E-state index contributed by atoms with van der Waals surface area (Å²) < 4.78 is 38.4. The second-order valence-corrected chi connectivity index (χ2v) is 6.97. The molecular weight excluding hydrogens is 436 g/mol. The fourth-order valence-electron chi connectivity index (χ4n) is 2.97. The minimum atomic E-state index is -4.62. The normalized spacial score (nSPS) is 11.5. The number of anilines is 1. The third kappa shape index (κ3) is 5.02. The monoisotopic (exact) mass is 450 g/mol. The highest BCUT2D eigenvalue weighted by atomic mass is 19.4. The van der Waals surface area contributed by atoms with E-state index in [0.29, 0.717) is 16.9 Å². The first-order chi connectivity index (χ1) is 15.7. The van der Waals surface area contributed by atoms with Crippen LogP contribution in [0.5, 0.6) is 0 Å². The van der Waals surface area contributed by atoms with Crippen molar-refractivity contribution in [3.8, 4) is 0 Å². The summed E-state index contributed by atoms with van der Waals surface area (Å²) in [5.41, 5.74) is 5.47. The van der Waals surface area contributed by atoms with Crippen LogP contribution in [0.4, 0.5) is 19.0 Å². The molecule has 0 spiro atoms. The molecule has 9 nitrogen and oxygen atoms in total. The van der Waals surface area contributed by atoms with Crippen LogP contribution >= 0.6 is 0 Å². The van der Waals surface area contributed by atoms with Crippen molar-refractivity contribution >= 4 is 36.1 Å². The summed E-state index contributed by atoms with van der Waals surface area (Å²) in [6.07, 6.45) is -0.266. The van der Waals surface area contributed by atoms with Crippen LogP contribution < -0.4 is 11.2 Å². The number of alkyl halides is 3. The van der Waals surface area contributed by atoms with E-state index in [1.54, 1.807) is 18.2 Å². The van der Waals surface area contributed by atoms with Gasteiger partial charge in [0.2, 0.25) is 0 Å². The van der Waals surface area contributed by atoms with Crippen molar-refractivity contribution in [2.45, 2.75) is 19.3 Å². The van der Waals surface area contributed by atoms with E-state index in [-0.39, 0.29) is 35.6 Å². The summed E-state index contributed by atoms with van der Waals surface area (Å²) in [6, 6.07) is 6.68. The summed E-state index contributed by atoms with van der Waals surface area (Å²) in [6.45, 7) is -0.162. The first kappa shape index (κ1) is 22.1. The van der Waals surface area contributed by atoms with Gasteiger partial charge in [-0.25, -0.2) is 19.9 Å². The minimum Gasteiger partial charge on any atom is -0.384 e. The molecule has 4 heterocycles. The minimum absolute atomic E-state index is 0.0253. The maximum atomic E-state index is 13.3. The number of nitrogen functional groups attached to an aromatic ring is 1. The molecule has 13 heteroatoms. The van der Waals surface area contributed by atoms with Gasteiger partial charge in [-0.3, -0.25) is 4.79 Å². The molecular formula is C20H14BF3N8O. The Balaban J connectivity index is 1.66. The van der Waals surface area contributed by atoms with Crippen molar-refractivity contribution in [2.24, 2.45) is 0 Å². The highest BCUT2D eigenvalue weighted by Gasteiger charge is 2.33. The molecule has 0 saturated carbocycles. The Hall–Kier alpha value is -4.16. The molecule has 1 amide bonds. The fourth-order valence-corrected chi connectivity index (χ4v) is 2.97. The number of hydrogen-bond acceptors (Lipinski definition) is 8. The Morgan fingerprint density at radius 1 is 1.06 bits per heavy atom. The van der Waals surface area contributed by atoms with E-state index in [2.05, 4.69) is 30.1 Å². The van der Waals surface area contributed by atoms with Crippen molar-refractivity contribution in [2.75, 3.05) is 5.73 Å². The van der Waals surface area contributed by atoms with E-state index in [9.17, 15) is 18.0 Å². The Bertz CT molecular complexity index is 1300. The third-order valence-corrected chi connectivity index (χ3v) is 4.58. The summed E-state index contributed by atoms with van der Waals surface area (Å²) in [4.78, 5) is 31.1. The van der Waals surface area contributed by atoms with Crippen molar-refractivity contribution in [1.82, 2.24) is 35.0 Å². The molecule has 0 aliphatic carbocycles. The Kier molecular flexibility index (Phi) is 5.86. The second kappa shape index (κ2) is 8.77. The molecule has 0 aliphatic heterocycles. The summed E-state index contributed by atoms with van der Waals surface area (Å²) in [5.74, 6) is -0.0232. The van der Waals surface area contributed by atoms with Gasteiger partial charge in [-0.2, -0.15) is 18.3 Å². The molecule has 33 heavy (non-hydrogen) atoms. The van der Waals surface area contributed by atoms with Gasteiger partial charge in [-0.15, -0.1) is 5.10 Å². The first-order valence-electron chi connectivity index (χ1n) is 9.47. The van der Waals surface area contributed by atoms with E-state index in [1.807, 2.05) is 0 Å². The van der Waals surface area contributed by atoms with Gasteiger partial charge in [0.25, 0.3) is 5.91 Å². The van der Waals surface area contributed by atoms with E-state index in [4.69, 9.17) is 13.6 Å². The van der Waals surface area contributed by atoms with Crippen molar-refractivity contribution in [3.05, 3.63) is 71.7 Å². The lowest BCUT2D eigenvalue weighted by Gasteiger charge is -2.21. The number of hydrogen-bond donors (Lipinski definition) is 1. The quantitative estimate of drug-likeness (QED) is 0.454. The zero-order chi connectivity index (χ0) is 23.6. The number of nitrogens with zero attached hydrogens (tertiary/aromatic N) is 7. The number of carbonyl (C=O) groups excluding carboxylic acids is 1. The number of fused-ring (bicyclic) bond motifs is 1. The Labute approximate surface area is 186 Å². The third-order valence-electron chi connectivity index (χ3n) is 4.58. The smallest absolute Gasteiger partial charge is 0.384 e. The lowest BCUT2D eigenvalue weighted by Crippen LogP contribution is -2.31. The number of nitrogens with two attached hydrogens (primary N) is 1. The zero-order valence-corrected chi connectivity index (χ0v) is 16.9. The molecule has 2 N–H and O–H groups in total. The van der Waals surface area contributed by atoms with Crippen LogP contribution in [0.15, 0.2) is 48.9 Å². The SMILES string of the molecule is [B]c1cc2cc(C(=O)N(Cc3ccc(C(F)(F)F)nn3)Cc3ncccn3)cnc2nc1N. The first-order valence-corrected chi connectivity index (χ1v) is 9.47. The van der Waals surface area contributed by atoms with Gasteiger partial charge in [0, 0.05) is 24.0 Å². The average molecular weight is 450 g/mol. The number of rotatable bonds is 5.